The summed E-state index contributed by atoms with van der Waals surface area (Å²) in [7, 11) is 1.37. The first kappa shape index (κ1) is 17.5. The minimum atomic E-state index is -0.303. The van der Waals surface area contributed by atoms with E-state index in [1.807, 2.05) is 0 Å². The Morgan fingerprint density at radius 1 is 1.38 bits per heavy atom. The smallest absolute Gasteiger partial charge is 0.316 e. The Morgan fingerprint density at radius 2 is 2.21 bits per heavy atom. The first-order valence-electron chi connectivity index (χ1n) is 8.40. The molecule has 2 aromatic heterocycles. The number of ether oxygens (including phenoxy) is 1. The molecule has 0 spiro atoms. The van der Waals surface area contributed by atoms with Crippen LogP contribution in [0.15, 0.2) is 9.95 Å². The Bertz CT molecular complexity index is 810. The molecule has 7 heteroatoms. The third-order valence-corrected chi connectivity index (χ3v) is 6.46. The average molecular weight is 367 g/mol. The van der Waals surface area contributed by atoms with Gasteiger partial charge in [0.2, 0.25) is 0 Å². The van der Waals surface area contributed by atoms with Gasteiger partial charge in [-0.2, -0.15) is 0 Å². The van der Waals surface area contributed by atoms with E-state index in [0.717, 1.165) is 48.7 Å². The summed E-state index contributed by atoms with van der Waals surface area (Å²) in [5.41, 5.74) is 1.27. The predicted molar refractivity (Wildman–Crippen MR) is 98.2 cm³/mol. The summed E-state index contributed by atoms with van der Waals surface area (Å²) in [4.78, 5) is 31.4. The van der Waals surface area contributed by atoms with Gasteiger partial charge in [-0.25, -0.2) is 4.98 Å². The van der Waals surface area contributed by atoms with E-state index in [-0.39, 0.29) is 17.3 Å². The minimum Gasteiger partial charge on any atom is -0.468 e. The number of hydrogen-bond donors (Lipinski definition) is 0. The third kappa shape index (κ3) is 3.37. The maximum absolute atomic E-state index is 13.1. The number of unbranched alkanes of at least 4 members (excludes halogenated alkanes) is 2. The second-order valence-electron chi connectivity index (χ2n) is 5.96. The van der Waals surface area contributed by atoms with Crippen LogP contribution in [0.2, 0.25) is 0 Å². The quantitative estimate of drug-likeness (QED) is 0.325. The zero-order valence-corrected chi connectivity index (χ0v) is 15.7. The number of methoxy groups -OCH3 is 1. The van der Waals surface area contributed by atoms with Crippen molar-refractivity contribution >= 4 is 39.3 Å². The molecule has 0 aliphatic heterocycles. The normalized spacial score (nSPS) is 13.4. The van der Waals surface area contributed by atoms with Crippen LogP contribution in [0.25, 0.3) is 10.2 Å². The number of fused-ring (bicyclic) bond motifs is 3. The lowest BCUT2D eigenvalue weighted by atomic mass is 10.2. The maximum atomic E-state index is 13.1. The van der Waals surface area contributed by atoms with E-state index in [4.69, 9.17) is 9.72 Å². The highest BCUT2D eigenvalue weighted by molar-refractivity contribution is 7.99. The Balaban J connectivity index is 2.01. The first-order valence-corrected chi connectivity index (χ1v) is 10.2. The lowest BCUT2D eigenvalue weighted by Crippen LogP contribution is -2.24. The van der Waals surface area contributed by atoms with Crippen molar-refractivity contribution in [2.45, 2.75) is 57.1 Å². The number of hydrogen-bond acceptors (Lipinski definition) is 6. The molecule has 0 amide bonds. The van der Waals surface area contributed by atoms with Crippen LogP contribution in [-0.2, 0) is 28.9 Å². The second-order valence-corrected chi connectivity index (χ2v) is 7.99. The zero-order chi connectivity index (χ0) is 17.1. The van der Waals surface area contributed by atoms with Crippen LogP contribution in [0.1, 0.15) is 43.0 Å². The molecule has 0 saturated heterocycles. The Kier molecular flexibility index (Phi) is 5.61. The number of carbonyl (C=O) groups is 1. The summed E-state index contributed by atoms with van der Waals surface area (Å²) in [5.74, 6) is -0.129. The summed E-state index contributed by atoms with van der Waals surface area (Å²) in [6.07, 6.45) is 6.29. The van der Waals surface area contributed by atoms with Crippen LogP contribution in [0.5, 0.6) is 0 Å². The fraction of sp³-hybridized carbons (Fsp3) is 0.588. The summed E-state index contributed by atoms with van der Waals surface area (Å²) in [6, 6.07) is 0. The molecule has 0 bridgehead atoms. The number of rotatable bonds is 7. The van der Waals surface area contributed by atoms with Gasteiger partial charge in [-0.1, -0.05) is 31.5 Å². The van der Waals surface area contributed by atoms with E-state index in [2.05, 4.69) is 6.92 Å². The third-order valence-electron chi connectivity index (χ3n) is 4.32. The number of nitrogens with zero attached hydrogens (tertiary/aromatic N) is 2. The van der Waals surface area contributed by atoms with Crippen molar-refractivity contribution in [1.82, 2.24) is 9.55 Å². The molecule has 130 valence electrons. The highest BCUT2D eigenvalue weighted by atomic mass is 32.2. The molecule has 0 aromatic carbocycles. The molecule has 24 heavy (non-hydrogen) atoms. The molecule has 0 atom stereocenters. The van der Waals surface area contributed by atoms with Gasteiger partial charge in [0.15, 0.2) is 5.16 Å². The molecule has 0 radical (unpaired) electrons. The molecule has 0 saturated carbocycles. The highest BCUT2D eigenvalue weighted by Crippen LogP contribution is 2.35. The van der Waals surface area contributed by atoms with Crippen molar-refractivity contribution in [3.8, 4) is 0 Å². The Morgan fingerprint density at radius 3 is 2.96 bits per heavy atom. The molecular formula is C17H22N2O3S2. The SMILES string of the molecule is CCCCCn1c(SCC(=O)OC)nc2sc3c(c2c1=O)CCC3. The van der Waals surface area contributed by atoms with Gasteiger partial charge in [-0.3, -0.25) is 14.2 Å². The Labute approximate surface area is 149 Å². The molecule has 3 rings (SSSR count). The molecule has 0 fully saturated rings. The monoisotopic (exact) mass is 366 g/mol. The molecule has 0 N–H and O–H groups in total. The molecule has 1 aliphatic carbocycles. The summed E-state index contributed by atoms with van der Waals surface area (Å²) >= 11 is 2.93. The number of carbonyl (C=O) groups excluding carboxylic acids is 1. The summed E-state index contributed by atoms with van der Waals surface area (Å²) in [5, 5.41) is 1.44. The van der Waals surface area contributed by atoms with Crippen LogP contribution in [0.4, 0.5) is 0 Å². The van der Waals surface area contributed by atoms with E-state index >= 15 is 0 Å². The largest absolute Gasteiger partial charge is 0.468 e. The van der Waals surface area contributed by atoms with Crippen LogP contribution in [0, 0.1) is 0 Å². The molecule has 2 aromatic rings. The molecule has 1 aliphatic rings. The Hall–Kier alpha value is -1.34. The van der Waals surface area contributed by atoms with Crippen LogP contribution < -0.4 is 5.56 Å². The van der Waals surface area contributed by atoms with E-state index in [9.17, 15) is 9.59 Å². The summed E-state index contributed by atoms with van der Waals surface area (Å²) in [6.45, 7) is 2.80. The first-order chi connectivity index (χ1) is 11.7. The van der Waals surface area contributed by atoms with Gasteiger partial charge < -0.3 is 4.74 Å². The van der Waals surface area contributed by atoms with Crippen molar-refractivity contribution < 1.29 is 9.53 Å². The molecular weight excluding hydrogens is 344 g/mol. The molecule has 0 unspecified atom stereocenters. The van der Waals surface area contributed by atoms with Crippen LogP contribution in [0.3, 0.4) is 0 Å². The average Bonchev–Trinajstić information content (AvgIpc) is 3.15. The van der Waals surface area contributed by atoms with Gasteiger partial charge in [-0.05, 0) is 31.2 Å². The number of thiophene rings is 1. The summed E-state index contributed by atoms with van der Waals surface area (Å²) < 4.78 is 6.47. The zero-order valence-electron chi connectivity index (χ0n) is 14.1. The lowest BCUT2D eigenvalue weighted by molar-refractivity contribution is -0.137. The van der Waals surface area contributed by atoms with Crippen molar-refractivity contribution in [2.75, 3.05) is 12.9 Å². The molecule has 2 heterocycles. The van der Waals surface area contributed by atoms with Gasteiger partial charge in [0.25, 0.3) is 5.56 Å². The van der Waals surface area contributed by atoms with Crippen LogP contribution in [-0.4, -0.2) is 28.4 Å². The standard InChI is InChI=1S/C17H22N2O3S2/c1-3-4-5-9-19-16(21)14-11-7-6-8-12(11)24-15(14)18-17(19)23-10-13(20)22-2/h3-10H2,1-2H3. The van der Waals surface area contributed by atoms with Gasteiger partial charge >= 0.3 is 5.97 Å². The van der Waals surface area contributed by atoms with E-state index in [1.165, 1.54) is 29.3 Å². The highest BCUT2D eigenvalue weighted by Gasteiger charge is 2.23. The number of esters is 1. The number of aryl methyl sites for hydroxylation is 2. The fourth-order valence-electron chi connectivity index (χ4n) is 3.07. The van der Waals surface area contributed by atoms with E-state index in [0.29, 0.717) is 11.7 Å². The predicted octanol–water partition coefficient (Wildman–Crippen LogP) is 3.40. The minimum absolute atomic E-state index is 0.0582. The van der Waals surface area contributed by atoms with Gasteiger partial charge in [0.1, 0.15) is 4.83 Å². The van der Waals surface area contributed by atoms with E-state index in [1.54, 1.807) is 15.9 Å². The number of aromatic nitrogens is 2. The lowest BCUT2D eigenvalue weighted by Gasteiger charge is -2.11. The second kappa shape index (κ2) is 7.70. The fourth-order valence-corrected chi connectivity index (χ4v) is 5.23. The van der Waals surface area contributed by atoms with Crippen LogP contribution >= 0.6 is 23.1 Å². The van der Waals surface area contributed by atoms with Gasteiger partial charge in [-0.15, -0.1) is 11.3 Å². The maximum Gasteiger partial charge on any atom is 0.316 e. The molecule has 5 nitrogen and oxygen atoms in total. The van der Waals surface area contributed by atoms with Gasteiger partial charge in [0.05, 0.1) is 18.2 Å². The number of thioether (sulfide) groups is 1. The van der Waals surface area contributed by atoms with Gasteiger partial charge in [0, 0.05) is 11.4 Å². The van der Waals surface area contributed by atoms with E-state index < -0.39 is 0 Å². The topological polar surface area (TPSA) is 61.2 Å². The van der Waals surface area contributed by atoms with Crippen molar-refractivity contribution in [3.63, 3.8) is 0 Å². The van der Waals surface area contributed by atoms with Crippen molar-refractivity contribution in [3.05, 3.63) is 20.8 Å². The van der Waals surface area contributed by atoms with Crippen molar-refractivity contribution in [2.24, 2.45) is 0 Å². The van der Waals surface area contributed by atoms with Crippen molar-refractivity contribution in [1.29, 1.82) is 0 Å².